The summed E-state index contributed by atoms with van der Waals surface area (Å²) < 4.78 is 11.6. The number of hydrogen-bond donors (Lipinski definition) is 1. The lowest BCUT2D eigenvalue weighted by molar-refractivity contribution is -0.0328. The molecule has 0 aromatic heterocycles. The smallest absolute Gasteiger partial charge is 0.317 e. The van der Waals surface area contributed by atoms with E-state index in [2.05, 4.69) is 11.9 Å². The predicted octanol–water partition coefficient (Wildman–Crippen LogP) is 1.90. The number of hydrogen-bond acceptors (Lipinski definition) is 4. The predicted molar refractivity (Wildman–Crippen MR) is 106 cm³/mol. The first-order chi connectivity index (χ1) is 13.7. The Hall–Kier alpha value is -2.38. The van der Waals surface area contributed by atoms with Crippen molar-refractivity contribution in [3.63, 3.8) is 0 Å². The molecule has 28 heavy (non-hydrogen) atoms. The molecule has 2 saturated heterocycles. The van der Waals surface area contributed by atoms with Gasteiger partial charge in [-0.2, -0.15) is 0 Å². The van der Waals surface area contributed by atoms with Crippen molar-refractivity contribution in [2.24, 2.45) is 0 Å². The zero-order valence-corrected chi connectivity index (χ0v) is 16.2. The Morgan fingerprint density at radius 2 is 1.93 bits per heavy atom. The molecule has 2 atom stereocenters. The number of ether oxygens (including phenoxy) is 2. The lowest BCUT2D eigenvalue weighted by Gasteiger charge is -2.36. The number of carbonyl (C=O) groups excluding carboxylic acids is 2. The highest BCUT2D eigenvalue weighted by molar-refractivity contribution is 5.94. The summed E-state index contributed by atoms with van der Waals surface area (Å²) in [6, 6.07) is 9.13. The van der Waals surface area contributed by atoms with Crippen LogP contribution in [-0.2, 0) is 9.47 Å². The van der Waals surface area contributed by atoms with Gasteiger partial charge in [0.1, 0.15) is 0 Å². The van der Waals surface area contributed by atoms with Crippen molar-refractivity contribution < 1.29 is 19.1 Å². The minimum absolute atomic E-state index is 0.0343. The maximum atomic E-state index is 13.1. The molecule has 3 amide bonds. The second-order valence-corrected chi connectivity index (χ2v) is 7.12. The third-order valence-electron chi connectivity index (χ3n) is 5.00. The average molecular weight is 387 g/mol. The van der Waals surface area contributed by atoms with Crippen LogP contribution in [-0.4, -0.2) is 79.9 Å². The van der Waals surface area contributed by atoms with E-state index in [1.54, 1.807) is 15.9 Å². The van der Waals surface area contributed by atoms with Gasteiger partial charge in [0, 0.05) is 38.3 Å². The Balaban J connectivity index is 1.65. The highest BCUT2D eigenvalue weighted by Crippen LogP contribution is 2.17. The van der Waals surface area contributed by atoms with Gasteiger partial charge in [-0.1, -0.05) is 24.3 Å². The summed E-state index contributed by atoms with van der Waals surface area (Å²) in [6.45, 7) is 7.21. The van der Waals surface area contributed by atoms with Crippen LogP contribution in [0.15, 0.2) is 43.0 Å². The Kier molecular flexibility index (Phi) is 7.45. The number of amides is 3. The molecule has 2 heterocycles. The summed E-state index contributed by atoms with van der Waals surface area (Å²) in [6.07, 6.45) is 3.47. The maximum Gasteiger partial charge on any atom is 0.317 e. The van der Waals surface area contributed by atoms with Crippen LogP contribution in [0, 0.1) is 0 Å². The second kappa shape index (κ2) is 10.2. The summed E-state index contributed by atoms with van der Waals surface area (Å²) in [5, 5.41) is 2.80. The van der Waals surface area contributed by atoms with E-state index in [0.717, 1.165) is 19.4 Å². The van der Waals surface area contributed by atoms with Gasteiger partial charge in [-0.05, 0) is 25.0 Å². The molecule has 0 spiro atoms. The van der Waals surface area contributed by atoms with E-state index in [-0.39, 0.29) is 24.1 Å². The Labute approximate surface area is 166 Å². The van der Waals surface area contributed by atoms with Crippen molar-refractivity contribution in [3.8, 4) is 0 Å². The lowest BCUT2D eigenvalue weighted by atomic mass is 10.1. The third kappa shape index (κ3) is 5.56. The number of urea groups is 1. The van der Waals surface area contributed by atoms with Crippen molar-refractivity contribution in [2.75, 3.05) is 45.9 Å². The highest BCUT2D eigenvalue weighted by Gasteiger charge is 2.30. The van der Waals surface area contributed by atoms with Crippen molar-refractivity contribution in [2.45, 2.75) is 25.0 Å². The van der Waals surface area contributed by atoms with E-state index in [4.69, 9.17) is 9.47 Å². The van der Waals surface area contributed by atoms with Gasteiger partial charge in [0.05, 0.1) is 25.4 Å². The van der Waals surface area contributed by atoms with Gasteiger partial charge in [-0.15, -0.1) is 6.58 Å². The molecule has 2 unspecified atom stereocenters. The zero-order chi connectivity index (χ0) is 19.8. The van der Waals surface area contributed by atoms with Gasteiger partial charge in [0.2, 0.25) is 0 Å². The van der Waals surface area contributed by atoms with Gasteiger partial charge in [-0.3, -0.25) is 4.79 Å². The molecule has 0 radical (unpaired) electrons. The summed E-state index contributed by atoms with van der Waals surface area (Å²) in [5.74, 6) is -0.0343. The molecular formula is C21H29N3O4. The summed E-state index contributed by atoms with van der Waals surface area (Å²) >= 11 is 0. The van der Waals surface area contributed by atoms with Crippen LogP contribution in [0.25, 0.3) is 0 Å². The summed E-state index contributed by atoms with van der Waals surface area (Å²) in [4.78, 5) is 28.8. The van der Waals surface area contributed by atoms with Crippen LogP contribution in [0.2, 0.25) is 0 Å². The average Bonchev–Trinajstić information content (AvgIpc) is 3.25. The number of carbonyl (C=O) groups is 2. The van der Waals surface area contributed by atoms with Crippen molar-refractivity contribution in [1.29, 1.82) is 0 Å². The zero-order valence-electron chi connectivity index (χ0n) is 16.2. The van der Waals surface area contributed by atoms with Crippen LogP contribution in [0.1, 0.15) is 23.2 Å². The Morgan fingerprint density at radius 3 is 2.64 bits per heavy atom. The van der Waals surface area contributed by atoms with Crippen LogP contribution in [0.5, 0.6) is 0 Å². The van der Waals surface area contributed by atoms with Gasteiger partial charge in [0.15, 0.2) is 0 Å². The SMILES string of the molecule is C=CCNC(=O)N1CCOC(CN(CC2CCCO2)C(=O)c2ccccc2)C1. The molecule has 2 aliphatic rings. The van der Waals surface area contributed by atoms with E-state index in [9.17, 15) is 9.59 Å². The quantitative estimate of drug-likeness (QED) is 0.726. The molecule has 1 N–H and O–H groups in total. The first kappa shape index (κ1) is 20.4. The van der Waals surface area contributed by atoms with E-state index in [1.807, 2.05) is 30.3 Å². The van der Waals surface area contributed by atoms with Crippen LogP contribution >= 0.6 is 0 Å². The number of rotatable bonds is 7. The van der Waals surface area contributed by atoms with Crippen LogP contribution in [0.4, 0.5) is 4.79 Å². The lowest BCUT2D eigenvalue weighted by Crippen LogP contribution is -2.53. The summed E-state index contributed by atoms with van der Waals surface area (Å²) in [7, 11) is 0. The monoisotopic (exact) mass is 387 g/mol. The second-order valence-electron chi connectivity index (χ2n) is 7.12. The Bertz CT molecular complexity index is 661. The largest absolute Gasteiger partial charge is 0.376 e. The van der Waals surface area contributed by atoms with Crippen molar-refractivity contribution in [3.05, 3.63) is 48.6 Å². The fraction of sp³-hybridized carbons (Fsp3) is 0.524. The number of benzene rings is 1. The molecule has 0 bridgehead atoms. The molecule has 7 nitrogen and oxygen atoms in total. The molecular weight excluding hydrogens is 358 g/mol. The number of nitrogens with one attached hydrogen (secondary N) is 1. The fourth-order valence-electron chi connectivity index (χ4n) is 3.57. The number of morpholine rings is 1. The normalized spacial score (nSPS) is 21.9. The van der Waals surface area contributed by atoms with Gasteiger partial charge in [-0.25, -0.2) is 4.79 Å². The Morgan fingerprint density at radius 1 is 1.18 bits per heavy atom. The maximum absolute atomic E-state index is 13.1. The topological polar surface area (TPSA) is 71.1 Å². The first-order valence-electron chi connectivity index (χ1n) is 9.88. The highest BCUT2D eigenvalue weighted by atomic mass is 16.5. The molecule has 2 fully saturated rings. The number of nitrogens with zero attached hydrogens (tertiary/aromatic N) is 2. The molecule has 0 aliphatic carbocycles. The van der Waals surface area contributed by atoms with Crippen LogP contribution < -0.4 is 5.32 Å². The van der Waals surface area contributed by atoms with Gasteiger partial charge >= 0.3 is 6.03 Å². The van der Waals surface area contributed by atoms with E-state index in [1.165, 1.54) is 0 Å². The third-order valence-corrected chi connectivity index (χ3v) is 5.00. The first-order valence-corrected chi connectivity index (χ1v) is 9.88. The van der Waals surface area contributed by atoms with E-state index < -0.39 is 0 Å². The van der Waals surface area contributed by atoms with E-state index in [0.29, 0.717) is 44.9 Å². The minimum Gasteiger partial charge on any atom is -0.376 e. The van der Waals surface area contributed by atoms with Gasteiger partial charge < -0.3 is 24.6 Å². The summed E-state index contributed by atoms with van der Waals surface area (Å²) in [5.41, 5.74) is 0.650. The molecule has 1 aromatic carbocycles. The van der Waals surface area contributed by atoms with Crippen LogP contribution in [0.3, 0.4) is 0 Å². The van der Waals surface area contributed by atoms with E-state index >= 15 is 0 Å². The molecule has 7 heteroatoms. The molecule has 3 rings (SSSR count). The molecule has 1 aromatic rings. The molecule has 2 aliphatic heterocycles. The van der Waals surface area contributed by atoms with Gasteiger partial charge in [0.25, 0.3) is 5.91 Å². The fourth-order valence-corrected chi connectivity index (χ4v) is 3.57. The molecule has 0 saturated carbocycles. The van der Waals surface area contributed by atoms with Crippen molar-refractivity contribution in [1.82, 2.24) is 15.1 Å². The minimum atomic E-state index is -0.225. The standard InChI is InChI=1S/C21H29N3O4/c1-2-10-22-21(26)23-11-13-28-19(15-23)16-24(14-18-9-6-12-27-18)20(25)17-7-4-3-5-8-17/h2-5,7-8,18-19H,1,6,9-16H2,(H,22,26). The van der Waals surface area contributed by atoms with Crippen molar-refractivity contribution >= 4 is 11.9 Å². The molecule has 152 valence electrons.